The number of nitrogens with two attached hydrogens (primary N) is 1. The van der Waals surface area contributed by atoms with Gasteiger partial charge in [0.2, 0.25) is 0 Å². The van der Waals surface area contributed by atoms with Crippen molar-refractivity contribution in [3.8, 4) is 5.69 Å². The first kappa shape index (κ1) is 18.3. The van der Waals surface area contributed by atoms with E-state index in [1.807, 2.05) is 41.9 Å². The van der Waals surface area contributed by atoms with E-state index in [1.54, 1.807) is 12.1 Å². The molecular formula is C23H21FN6. The molecule has 0 fully saturated rings. The molecule has 0 saturated carbocycles. The largest absolute Gasteiger partial charge is 0.382 e. The predicted octanol–water partition coefficient (Wildman–Crippen LogP) is 4.41. The lowest BCUT2D eigenvalue weighted by molar-refractivity contribution is 0.626. The van der Waals surface area contributed by atoms with Crippen LogP contribution >= 0.6 is 0 Å². The van der Waals surface area contributed by atoms with Crippen LogP contribution in [0.2, 0.25) is 0 Å². The number of rotatable bonds is 4. The maximum absolute atomic E-state index is 13.3. The third-order valence-electron chi connectivity index (χ3n) is 5.33. The summed E-state index contributed by atoms with van der Waals surface area (Å²) < 4.78 is 17.3. The molecule has 0 spiro atoms. The second kappa shape index (κ2) is 6.95. The molecule has 0 aliphatic rings. The highest BCUT2D eigenvalue weighted by Crippen LogP contribution is 2.29. The third-order valence-corrected chi connectivity index (χ3v) is 5.33. The Bertz CT molecular complexity index is 1380. The summed E-state index contributed by atoms with van der Waals surface area (Å²) in [4.78, 5) is 9.29. The molecule has 3 heterocycles. The summed E-state index contributed by atoms with van der Waals surface area (Å²) in [6, 6.07) is 16.3. The van der Waals surface area contributed by atoms with Gasteiger partial charge in [-0.15, -0.1) is 0 Å². The Morgan fingerprint density at radius 3 is 2.57 bits per heavy atom. The standard InChI is InChI=1S/C23H21FN6/c1-3-20-27-21-22(18-6-4-5-7-19(18)26-23(21)25)29(20)13-16-12-14(2)30(28-16)17-10-8-15(24)9-11-17/h4-12H,3,13H2,1-2H3,(H2,25,26). The van der Waals surface area contributed by atoms with E-state index in [9.17, 15) is 4.39 Å². The number of halogens is 1. The molecule has 5 rings (SSSR count). The molecule has 2 aromatic carbocycles. The Kier molecular flexibility index (Phi) is 4.24. The van der Waals surface area contributed by atoms with Crippen LogP contribution in [-0.4, -0.2) is 24.3 Å². The molecule has 2 N–H and O–H groups in total. The van der Waals surface area contributed by atoms with Crippen molar-refractivity contribution in [1.82, 2.24) is 24.3 Å². The molecular weight excluding hydrogens is 379 g/mol. The highest BCUT2D eigenvalue weighted by molar-refractivity contribution is 6.06. The van der Waals surface area contributed by atoms with Crippen LogP contribution in [-0.2, 0) is 13.0 Å². The summed E-state index contributed by atoms with van der Waals surface area (Å²) in [7, 11) is 0. The Labute approximate surface area is 172 Å². The summed E-state index contributed by atoms with van der Waals surface area (Å²) in [6.07, 6.45) is 0.764. The van der Waals surface area contributed by atoms with E-state index < -0.39 is 0 Å². The van der Waals surface area contributed by atoms with Crippen LogP contribution in [0, 0.1) is 12.7 Å². The zero-order valence-electron chi connectivity index (χ0n) is 16.8. The number of aromatic nitrogens is 5. The minimum Gasteiger partial charge on any atom is -0.382 e. The molecule has 0 radical (unpaired) electrons. The Hall–Kier alpha value is -3.74. The number of anilines is 1. The first-order chi connectivity index (χ1) is 14.5. The molecule has 0 bridgehead atoms. The molecule has 30 heavy (non-hydrogen) atoms. The van der Waals surface area contributed by atoms with E-state index in [1.165, 1.54) is 12.1 Å². The van der Waals surface area contributed by atoms with Gasteiger partial charge in [-0.1, -0.05) is 25.1 Å². The van der Waals surface area contributed by atoms with Gasteiger partial charge in [0.05, 0.1) is 29.0 Å². The number of pyridine rings is 1. The van der Waals surface area contributed by atoms with Gasteiger partial charge in [0.1, 0.15) is 17.2 Å². The summed E-state index contributed by atoms with van der Waals surface area (Å²) in [6.45, 7) is 4.62. The summed E-state index contributed by atoms with van der Waals surface area (Å²) in [5.41, 5.74) is 11.5. The average Bonchev–Trinajstić information content (AvgIpc) is 3.30. The van der Waals surface area contributed by atoms with Crippen molar-refractivity contribution in [2.24, 2.45) is 0 Å². The number of imidazole rings is 1. The number of para-hydroxylation sites is 1. The lowest BCUT2D eigenvalue weighted by Crippen LogP contribution is -2.06. The normalized spacial score (nSPS) is 11.6. The lowest BCUT2D eigenvalue weighted by atomic mass is 10.2. The van der Waals surface area contributed by atoms with Crippen molar-refractivity contribution in [1.29, 1.82) is 0 Å². The van der Waals surface area contributed by atoms with Gasteiger partial charge < -0.3 is 10.3 Å². The number of aryl methyl sites for hydroxylation is 2. The minimum absolute atomic E-state index is 0.265. The molecule has 0 aliphatic carbocycles. The van der Waals surface area contributed by atoms with E-state index >= 15 is 0 Å². The fourth-order valence-electron chi connectivity index (χ4n) is 3.97. The number of benzene rings is 2. The first-order valence-electron chi connectivity index (χ1n) is 9.90. The van der Waals surface area contributed by atoms with Crippen molar-refractivity contribution < 1.29 is 4.39 Å². The molecule has 0 unspecified atom stereocenters. The second-order valence-corrected chi connectivity index (χ2v) is 7.34. The molecule has 5 aromatic rings. The predicted molar refractivity (Wildman–Crippen MR) is 116 cm³/mol. The highest BCUT2D eigenvalue weighted by atomic mass is 19.1. The van der Waals surface area contributed by atoms with Crippen LogP contribution in [0.25, 0.3) is 27.6 Å². The van der Waals surface area contributed by atoms with Gasteiger partial charge in [-0.2, -0.15) is 5.10 Å². The molecule has 0 saturated heterocycles. The van der Waals surface area contributed by atoms with Gasteiger partial charge in [-0.3, -0.25) is 0 Å². The zero-order valence-corrected chi connectivity index (χ0v) is 16.8. The van der Waals surface area contributed by atoms with Crippen molar-refractivity contribution in [2.75, 3.05) is 5.73 Å². The van der Waals surface area contributed by atoms with E-state index in [4.69, 9.17) is 15.8 Å². The van der Waals surface area contributed by atoms with Crippen LogP contribution in [0.3, 0.4) is 0 Å². The smallest absolute Gasteiger partial charge is 0.152 e. The SMILES string of the molecule is CCc1nc2c(N)nc3ccccc3c2n1Cc1cc(C)n(-c2ccc(F)cc2)n1. The second-order valence-electron chi connectivity index (χ2n) is 7.34. The van der Waals surface area contributed by atoms with Gasteiger partial charge in [0.25, 0.3) is 0 Å². The lowest BCUT2D eigenvalue weighted by Gasteiger charge is -2.09. The van der Waals surface area contributed by atoms with Gasteiger partial charge in [-0.25, -0.2) is 19.0 Å². The molecule has 6 nitrogen and oxygen atoms in total. The number of hydrogen-bond acceptors (Lipinski definition) is 4. The molecule has 150 valence electrons. The van der Waals surface area contributed by atoms with Crippen molar-refractivity contribution >= 4 is 27.8 Å². The van der Waals surface area contributed by atoms with Gasteiger partial charge in [0.15, 0.2) is 5.82 Å². The Morgan fingerprint density at radius 2 is 1.80 bits per heavy atom. The molecule has 0 atom stereocenters. The zero-order chi connectivity index (χ0) is 20.8. The minimum atomic E-state index is -0.265. The quantitative estimate of drug-likeness (QED) is 0.485. The number of nitrogens with zero attached hydrogens (tertiary/aromatic N) is 5. The van der Waals surface area contributed by atoms with Crippen LogP contribution in [0.4, 0.5) is 10.2 Å². The van der Waals surface area contributed by atoms with Crippen molar-refractivity contribution in [3.05, 3.63) is 77.6 Å². The topological polar surface area (TPSA) is 74.5 Å². The van der Waals surface area contributed by atoms with Crippen molar-refractivity contribution in [3.63, 3.8) is 0 Å². The number of hydrogen-bond donors (Lipinski definition) is 1. The monoisotopic (exact) mass is 400 g/mol. The van der Waals surface area contributed by atoms with Crippen LogP contribution in [0.5, 0.6) is 0 Å². The van der Waals surface area contributed by atoms with Crippen LogP contribution in [0.1, 0.15) is 24.1 Å². The Balaban J connectivity index is 1.66. The molecule has 0 aliphatic heterocycles. The fourth-order valence-corrected chi connectivity index (χ4v) is 3.97. The van der Waals surface area contributed by atoms with Crippen molar-refractivity contribution in [2.45, 2.75) is 26.8 Å². The highest BCUT2D eigenvalue weighted by Gasteiger charge is 2.18. The summed E-state index contributed by atoms with van der Waals surface area (Å²) >= 11 is 0. The van der Waals surface area contributed by atoms with Crippen LogP contribution < -0.4 is 5.73 Å². The van der Waals surface area contributed by atoms with E-state index in [0.29, 0.717) is 12.4 Å². The maximum atomic E-state index is 13.3. The van der Waals surface area contributed by atoms with Gasteiger partial charge >= 0.3 is 0 Å². The van der Waals surface area contributed by atoms with Gasteiger partial charge in [0, 0.05) is 17.5 Å². The van der Waals surface area contributed by atoms with E-state index in [-0.39, 0.29) is 5.82 Å². The fraction of sp³-hybridized carbons (Fsp3) is 0.174. The van der Waals surface area contributed by atoms with E-state index in [0.717, 1.165) is 51.3 Å². The first-order valence-corrected chi connectivity index (χ1v) is 9.90. The average molecular weight is 400 g/mol. The van der Waals surface area contributed by atoms with Gasteiger partial charge in [-0.05, 0) is 43.3 Å². The van der Waals surface area contributed by atoms with E-state index in [2.05, 4.69) is 16.5 Å². The molecule has 7 heteroatoms. The number of fused-ring (bicyclic) bond motifs is 3. The maximum Gasteiger partial charge on any atom is 0.152 e. The van der Waals surface area contributed by atoms with Crippen LogP contribution in [0.15, 0.2) is 54.6 Å². The molecule has 3 aromatic heterocycles. The molecule has 0 amide bonds. The number of nitrogen functional groups attached to an aromatic ring is 1. The summed E-state index contributed by atoms with van der Waals surface area (Å²) in [5, 5.41) is 5.79. The third kappa shape index (κ3) is 2.90. The Morgan fingerprint density at radius 1 is 1.03 bits per heavy atom. The summed E-state index contributed by atoms with van der Waals surface area (Å²) in [5.74, 6) is 1.10.